The highest BCUT2D eigenvalue weighted by Gasteiger charge is 2.30. The average Bonchev–Trinajstić information content (AvgIpc) is 2.66. The van der Waals surface area contributed by atoms with Gasteiger partial charge in [-0.05, 0) is 19.3 Å². The van der Waals surface area contributed by atoms with Gasteiger partial charge in [0.05, 0.1) is 12.5 Å². The van der Waals surface area contributed by atoms with Crippen LogP contribution in [0.25, 0.3) is 0 Å². The van der Waals surface area contributed by atoms with Crippen LogP contribution in [0.1, 0.15) is 19.3 Å². The minimum absolute atomic E-state index is 0.0244. The summed E-state index contributed by atoms with van der Waals surface area (Å²) in [6.45, 7) is 0.924. The van der Waals surface area contributed by atoms with Crippen molar-refractivity contribution in [1.82, 2.24) is 10.6 Å². The van der Waals surface area contributed by atoms with E-state index in [2.05, 4.69) is 10.6 Å². The molecule has 0 spiro atoms. The topological polar surface area (TPSA) is 87.7 Å². The first kappa shape index (κ1) is 12.8. The predicted octanol–water partition coefficient (Wildman–Crippen LogP) is 0.185. The van der Waals surface area contributed by atoms with E-state index in [0.717, 1.165) is 6.42 Å². The summed E-state index contributed by atoms with van der Waals surface area (Å²) in [4.78, 5) is 22.0. The molecular formula is C10H18N2O4. The third-order valence-electron chi connectivity index (χ3n) is 2.71. The molecule has 92 valence electrons. The summed E-state index contributed by atoms with van der Waals surface area (Å²) in [7, 11) is 1.56. The zero-order valence-electron chi connectivity index (χ0n) is 9.36. The van der Waals surface area contributed by atoms with Crippen molar-refractivity contribution >= 4 is 12.0 Å². The Morgan fingerprint density at radius 3 is 2.75 bits per heavy atom. The maximum Gasteiger partial charge on any atom is 0.315 e. The fourth-order valence-electron chi connectivity index (χ4n) is 1.84. The number of methoxy groups -OCH3 is 1. The van der Waals surface area contributed by atoms with Gasteiger partial charge in [0.2, 0.25) is 0 Å². The highest BCUT2D eigenvalue weighted by Crippen LogP contribution is 2.25. The van der Waals surface area contributed by atoms with E-state index in [0.29, 0.717) is 26.0 Å². The van der Waals surface area contributed by atoms with Crippen LogP contribution in [0.3, 0.4) is 0 Å². The molecule has 0 aromatic heterocycles. The van der Waals surface area contributed by atoms with Gasteiger partial charge in [0, 0.05) is 19.7 Å². The number of urea groups is 1. The van der Waals surface area contributed by atoms with Crippen molar-refractivity contribution in [3.63, 3.8) is 0 Å². The number of carboxylic acids is 1. The molecule has 0 saturated heterocycles. The smallest absolute Gasteiger partial charge is 0.315 e. The summed E-state index contributed by atoms with van der Waals surface area (Å²) in [5, 5.41) is 14.2. The second-order valence-corrected chi connectivity index (χ2v) is 3.94. The minimum Gasteiger partial charge on any atom is -0.481 e. The van der Waals surface area contributed by atoms with Crippen molar-refractivity contribution in [2.45, 2.75) is 25.3 Å². The first-order valence-electron chi connectivity index (χ1n) is 5.39. The maximum atomic E-state index is 11.3. The van der Waals surface area contributed by atoms with Crippen molar-refractivity contribution in [2.24, 2.45) is 5.92 Å². The molecule has 0 aromatic rings. The standard InChI is InChI=1S/C10H18N2O4/c1-16-5-4-11-10(15)12-8-3-2-7(6-8)9(13)14/h7-8H,2-6H2,1H3,(H,13,14)(H2,11,12,15)/t7-,8+/m1/s1. The van der Waals surface area contributed by atoms with Crippen molar-refractivity contribution in [3.05, 3.63) is 0 Å². The zero-order chi connectivity index (χ0) is 12.0. The maximum absolute atomic E-state index is 11.3. The lowest BCUT2D eigenvalue weighted by molar-refractivity contribution is -0.141. The van der Waals surface area contributed by atoms with E-state index in [1.807, 2.05) is 0 Å². The molecule has 0 unspecified atom stereocenters. The Labute approximate surface area is 94.3 Å². The summed E-state index contributed by atoms with van der Waals surface area (Å²) in [5.74, 6) is -1.09. The van der Waals surface area contributed by atoms with Gasteiger partial charge in [-0.2, -0.15) is 0 Å². The second kappa shape index (κ2) is 6.32. The van der Waals surface area contributed by atoms with Crippen LogP contribution in [0.15, 0.2) is 0 Å². The Kier molecular flexibility index (Phi) is 5.04. The van der Waals surface area contributed by atoms with E-state index in [1.54, 1.807) is 7.11 Å². The second-order valence-electron chi connectivity index (χ2n) is 3.94. The third-order valence-corrected chi connectivity index (χ3v) is 2.71. The van der Waals surface area contributed by atoms with Crippen molar-refractivity contribution in [2.75, 3.05) is 20.3 Å². The van der Waals surface area contributed by atoms with E-state index < -0.39 is 5.97 Å². The molecule has 1 saturated carbocycles. The lowest BCUT2D eigenvalue weighted by Crippen LogP contribution is -2.42. The van der Waals surface area contributed by atoms with Crippen LogP contribution in [-0.2, 0) is 9.53 Å². The molecule has 0 aromatic carbocycles. The van der Waals surface area contributed by atoms with E-state index >= 15 is 0 Å². The van der Waals surface area contributed by atoms with Crippen molar-refractivity contribution in [3.8, 4) is 0 Å². The number of carboxylic acid groups (broad SMARTS) is 1. The summed E-state index contributed by atoms with van der Waals surface area (Å²) in [6.07, 6.45) is 1.89. The molecule has 1 aliphatic carbocycles. The van der Waals surface area contributed by atoms with Gasteiger partial charge in [-0.3, -0.25) is 4.79 Å². The van der Waals surface area contributed by atoms with E-state index in [9.17, 15) is 9.59 Å². The normalized spacial score (nSPS) is 24.1. The van der Waals surface area contributed by atoms with E-state index in [1.165, 1.54) is 0 Å². The summed E-state index contributed by atoms with van der Waals surface area (Å²) in [5.41, 5.74) is 0. The monoisotopic (exact) mass is 230 g/mol. The van der Waals surface area contributed by atoms with Gasteiger partial charge in [0.25, 0.3) is 0 Å². The third kappa shape index (κ3) is 4.06. The molecule has 16 heavy (non-hydrogen) atoms. The van der Waals surface area contributed by atoms with E-state index in [-0.39, 0.29) is 18.0 Å². The summed E-state index contributed by atoms with van der Waals surface area (Å²) < 4.78 is 4.79. The first-order chi connectivity index (χ1) is 7.63. The number of hydrogen-bond donors (Lipinski definition) is 3. The number of rotatable bonds is 5. The molecule has 1 rings (SSSR count). The van der Waals surface area contributed by atoms with Gasteiger partial charge in [0.15, 0.2) is 0 Å². The molecule has 2 amide bonds. The summed E-state index contributed by atoms with van der Waals surface area (Å²) in [6, 6.07) is -0.281. The fraction of sp³-hybridized carbons (Fsp3) is 0.800. The van der Waals surface area contributed by atoms with Crippen LogP contribution in [0.4, 0.5) is 4.79 Å². The summed E-state index contributed by atoms with van der Waals surface area (Å²) >= 11 is 0. The van der Waals surface area contributed by atoms with Gasteiger partial charge in [-0.15, -0.1) is 0 Å². The van der Waals surface area contributed by atoms with Crippen LogP contribution in [0.2, 0.25) is 0 Å². The van der Waals surface area contributed by atoms with Gasteiger partial charge in [-0.25, -0.2) is 4.79 Å². The van der Waals surface area contributed by atoms with Crippen LogP contribution < -0.4 is 10.6 Å². The quantitative estimate of drug-likeness (QED) is 0.588. The number of ether oxygens (including phenoxy) is 1. The van der Waals surface area contributed by atoms with Gasteiger partial charge in [-0.1, -0.05) is 0 Å². The minimum atomic E-state index is -0.774. The van der Waals surface area contributed by atoms with Gasteiger partial charge < -0.3 is 20.5 Å². The molecule has 0 heterocycles. The molecule has 1 aliphatic rings. The van der Waals surface area contributed by atoms with Crippen LogP contribution in [0.5, 0.6) is 0 Å². The SMILES string of the molecule is COCCNC(=O)N[C@H]1CC[C@@H](C(=O)O)C1. The Morgan fingerprint density at radius 1 is 1.44 bits per heavy atom. The molecule has 6 heteroatoms. The molecule has 0 radical (unpaired) electrons. The Bertz CT molecular complexity index is 257. The number of aliphatic carboxylic acids is 1. The lowest BCUT2D eigenvalue weighted by Gasteiger charge is -2.13. The molecule has 3 N–H and O–H groups in total. The van der Waals surface area contributed by atoms with Crippen LogP contribution in [0, 0.1) is 5.92 Å². The number of carbonyl (C=O) groups is 2. The molecule has 0 bridgehead atoms. The number of nitrogens with one attached hydrogen (secondary N) is 2. The Balaban J connectivity index is 2.18. The highest BCUT2D eigenvalue weighted by atomic mass is 16.5. The highest BCUT2D eigenvalue weighted by molar-refractivity contribution is 5.75. The first-order valence-corrected chi connectivity index (χ1v) is 5.39. The van der Waals surface area contributed by atoms with Crippen molar-refractivity contribution < 1.29 is 19.4 Å². The predicted molar refractivity (Wildman–Crippen MR) is 57.2 cm³/mol. The van der Waals surface area contributed by atoms with E-state index in [4.69, 9.17) is 9.84 Å². The molecule has 0 aliphatic heterocycles. The fourth-order valence-corrected chi connectivity index (χ4v) is 1.84. The Morgan fingerprint density at radius 2 is 2.19 bits per heavy atom. The number of hydrogen-bond acceptors (Lipinski definition) is 3. The zero-order valence-corrected chi connectivity index (χ0v) is 9.36. The molecular weight excluding hydrogens is 212 g/mol. The molecule has 1 fully saturated rings. The number of amides is 2. The van der Waals surface area contributed by atoms with Crippen LogP contribution >= 0.6 is 0 Å². The number of carbonyl (C=O) groups excluding carboxylic acids is 1. The largest absolute Gasteiger partial charge is 0.481 e. The van der Waals surface area contributed by atoms with Crippen molar-refractivity contribution in [1.29, 1.82) is 0 Å². The van der Waals surface area contributed by atoms with Gasteiger partial charge >= 0.3 is 12.0 Å². The molecule has 6 nitrogen and oxygen atoms in total. The average molecular weight is 230 g/mol. The van der Waals surface area contributed by atoms with Gasteiger partial charge in [0.1, 0.15) is 0 Å². The van der Waals surface area contributed by atoms with Crippen LogP contribution in [-0.4, -0.2) is 43.4 Å². The molecule has 2 atom stereocenters. The Hall–Kier alpha value is -1.30. The lowest BCUT2D eigenvalue weighted by atomic mass is 10.1.